The highest BCUT2D eigenvalue weighted by Gasteiger charge is 2.39. The fraction of sp³-hybridized carbons (Fsp3) is 0.306. The number of hydrogen-bond donors (Lipinski definition) is 2. The molecule has 0 aliphatic heterocycles. The van der Waals surface area contributed by atoms with Crippen LogP contribution in [0.25, 0.3) is 27.8 Å². The van der Waals surface area contributed by atoms with Gasteiger partial charge < -0.3 is 38.4 Å². The second kappa shape index (κ2) is 16.8. The lowest BCUT2D eigenvalue weighted by atomic mass is 10.1. The quantitative estimate of drug-likeness (QED) is 0.101. The summed E-state index contributed by atoms with van der Waals surface area (Å²) in [5.74, 6) is 0.737. The van der Waals surface area contributed by atoms with E-state index in [4.69, 9.17) is 28.6 Å². The standard InChI is InChI=1S/C36H43N5O8P2/c1-6-46-50(43,47-7-2)31-17-16-25(20-32(31)51(44,48-8-3)49-9-4)18-19-38-36(42)27-13-10-14-28(21-27)41-23-30(26-12-11-15-29(22-26)45-5)33-34(37)39-24-40-35(33)41/h10-17,20-24H,6-9,18-19H2,1-5H3,(H,38,42)(H2,37,39,40). The van der Waals surface area contributed by atoms with E-state index in [0.717, 1.165) is 11.1 Å². The summed E-state index contributed by atoms with van der Waals surface area (Å²) in [4.78, 5) is 22.2. The lowest BCUT2D eigenvalue weighted by Crippen LogP contribution is -2.30. The zero-order valence-corrected chi connectivity index (χ0v) is 31.1. The van der Waals surface area contributed by atoms with Gasteiger partial charge in [-0.2, -0.15) is 0 Å². The van der Waals surface area contributed by atoms with E-state index < -0.39 is 15.2 Å². The van der Waals surface area contributed by atoms with Gasteiger partial charge in [-0.1, -0.05) is 24.3 Å². The van der Waals surface area contributed by atoms with Crippen LogP contribution in [0, 0.1) is 0 Å². The van der Waals surface area contributed by atoms with Gasteiger partial charge in [0.05, 0.1) is 49.5 Å². The zero-order chi connectivity index (χ0) is 36.6. The first-order valence-electron chi connectivity index (χ1n) is 16.7. The molecule has 1 amide bonds. The molecule has 0 fully saturated rings. The molecule has 0 aliphatic carbocycles. The Morgan fingerprint density at radius 2 is 1.49 bits per heavy atom. The van der Waals surface area contributed by atoms with Crippen LogP contribution in [-0.4, -0.2) is 60.5 Å². The first-order valence-corrected chi connectivity index (χ1v) is 19.8. The zero-order valence-electron chi connectivity index (χ0n) is 29.3. The third kappa shape index (κ3) is 8.25. The predicted octanol–water partition coefficient (Wildman–Crippen LogP) is 6.43. The van der Waals surface area contributed by atoms with Crippen LogP contribution >= 0.6 is 15.2 Å². The number of anilines is 1. The van der Waals surface area contributed by atoms with Crippen LogP contribution in [0.15, 0.2) is 79.3 Å². The number of rotatable bonds is 17. The number of fused-ring (bicyclic) bond motifs is 1. The number of hydrogen-bond acceptors (Lipinski definition) is 11. The minimum atomic E-state index is -3.90. The third-order valence-corrected chi connectivity index (χ3v) is 12.4. The number of nitrogen functional groups attached to an aromatic ring is 1. The SMILES string of the molecule is CCOP(=O)(OCC)c1ccc(CCNC(=O)c2cccc(-n3cc(-c4cccc(OC)c4)c4c(N)ncnc43)c2)cc1P(=O)(OCC)OCC. The van der Waals surface area contributed by atoms with Crippen molar-refractivity contribution in [3.05, 3.63) is 90.4 Å². The molecule has 0 spiro atoms. The molecular formula is C36H43N5O8P2. The van der Waals surface area contributed by atoms with Crippen LogP contribution in [-0.2, 0) is 33.6 Å². The Morgan fingerprint density at radius 1 is 0.824 bits per heavy atom. The third-order valence-electron chi connectivity index (χ3n) is 7.90. The first-order chi connectivity index (χ1) is 24.6. The lowest BCUT2D eigenvalue weighted by molar-refractivity contribution is 0.0954. The predicted molar refractivity (Wildman–Crippen MR) is 199 cm³/mol. The number of nitrogens with one attached hydrogen (secondary N) is 1. The van der Waals surface area contributed by atoms with E-state index in [1.54, 1.807) is 71.2 Å². The molecule has 0 bridgehead atoms. The highest BCUT2D eigenvalue weighted by Crippen LogP contribution is 2.53. The highest BCUT2D eigenvalue weighted by molar-refractivity contribution is 7.68. The van der Waals surface area contributed by atoms with Gasteiger partial charge in [-0.05, 0) is 87.7 Å². The molecule has 0 aliphatic rings. The molecule has 0 unspecified atom stereocenters. The number of aromatic nitrogens is 3. The van der Waals surface area contributed by atoms with Gasteiger partial charge in [-0.15, -0.1) is 0 Å². The second-order valence-corrected chi connectivity index (χ2v) is 15.1. The Kier molecular flexibility index (Phi) is 12.5. The summed E-state index contributed by atoms with van der Waals surface area (Å²) in [6.45, 7) is 7.49. The Labute approximate surface area is 297 Å². The summed E-state index contributed by atoms with van der Waals surface area (Å²) in [6, 6.07) is 19.7. The Bertz CT molecular complexity index is 2080. The van der Waals surface area contributed by atoms with E-state index in [2.05, 4.69) is 15.3 Å². The smallest absolute Gasteiger partial charge is 0.362 e. The van der Waals surface area contributed by atoms with Crippen LogP contribution in [0.2, 0.25) is 0 Å². The van der Waals surface area contributed by atoms with Crippen molar-refractivity contribution in [3.63, 3.8) is 0 Å². The molecule has 5 rings (SSSR count). The van der Waals surface area contributed by atoms with Gasteiger partial charge in [-0.25, -0.2) is 9.97 Å². The molecule has 0 atom stereocenters. The topological polar surface area (TPSA) is 166 Å². The first kappa shape index (κ1) is 37.9. The van der Waals surface area contributed by atoms with Crippen LogP contribution in [0.5, 0.6) is 5.75 Å². The van der Waals surface area contributed by atoms with Crippen LogP contribution in [0.1, 0.15) is 43.6 Å². The van der Waals surface area contributed by atoms with Crippen molar-refractivity contribution >= 4 is 48.6 Å². The Balaban J connectivity index is 1.40. The van der Waals surface area contributed by atoms with E-state index in [-0.39, 0.29) is 49.5 Å². The van der Waals surface area contributed by atoms with Gasteiger partial charge >= 0.3 is 15.2 Å². The minimum Gasteiger partial charge on any atom is -0.497 e. The summed E-state index contributed by atoms with van der Waals surface area (Å²) in [7, 11) is -6.14. The second-order valence-electron chi connectivity index (χ2n) is 11.1. The van der Waals surface area contributed by atoms with Gasteiger partial charge in [0, 0.05) is 29.6 Å². The maximum absolute atomic E-state index is 14.0. The van der Waals surface area contributed by atoms with Crippen molar-refractivity contribution in [1.29, 1.82) is 0 Å². The monoisotopic (exact) mass is 735 g/mol. The molecule has 13 nitrogen and oxygen atoms in total. The Morgan fingerprint density at radius 3 is 2.16 bits per heavy atom. The van der Waals surface area contributed by atoms with Gasteiger partial charge in [0.15, 0.2) is 5.65 Å². The van der Waals surface area contributed by atoms with Crippen molar-refractivity contribution in [2.24, 2.45) is 0 Å². The summed E-state index contributed by atoms with van der Waals surface area (Å²) in [6.07, 6.45) is 3.70. The summed E-state index contributed by atoms with van der Waals surface area (Å²) in [5.41, 5.74) is 10.5. The van der Waals surface area contributed by atoms with Gasteiger partial charge in [0.1, 0.15) is 17.9 Å². The van der Waals surface area contributed by atoms with Crippen LogP contribution in [0.4, 0.5) is 5.82 Å². The average molecular weight is 736 g/mol. The number of methoxy groups -OCH3 is 1. The fourth-order valence-electron chi connectivity index (χ4n) is 5.72. The van der Waals surface area contributed by atoms with Crippen molar-refractivity contribution in [1.82, 2.24) is 19.9 Å². The molecule has 0 saturated heterocycles. The van der Waals surface area contributed by atoms with Crippen LogP contribution in [0.3, 0.4) is 0 Å². The van der Waals surface area contributed by atoms with Crippen molar-refractivity contribution in [2.45, 2.75) is 34.1 Å². The molecular weight excluding hydrogens is 692 g/mol. The van der Waals surface area contributed by atoms with Gasteiger partial charge in [0.25, 0.3) is 5.91 Å². The number of nitrogens with zero attached hydrogens (tertiary/aromatic N) is 3. The summed E-state index contributed by atoms with van der Waals surface area (Å²) >= 11 is 0. The lowest BCUT2D eigenvalue weighted by Gasteiger charge is -2.24. The largest absolute Gasteiger partial charge is 0.497 e. The summed E-state index contributed by atoms with van der Waals surface area (Å²) in [5, 5.41) is 3.89. The molecule has 3 aromatic carbocycles. The maximum Gasteiger partial charge on any atom is 0.362 e. The number of carbonyl (C=O) groups excluding carboxylic acids is 1. The highest BCUT2D eigenvalue weighted by atomic mass is 31.2. The fourth-order valence-corrected chi connectivity index (χ4v) is 9.80. The van der Waals surface area contributed by atoms with Gasteiger partial charge in [0.2, 0.25) is 0 Å². The molecule has 5 aromatic rings. The number of benzene rings is 3. The molecule has 2 heterocycles. The van der Waals surface area contributed by atoms with Crippen molar-refractivity contribution in [3.8, 4) is 22.6 Å². The van der Waals surface area contributed by atoms with E-state index in [1.165, 1.54) is 6.33 Å². The van der Waals surface area contributed by atoms with E-state index >= 15 is 0 Å². The molecule has 51 heavy (non-hydrogen) atoms. The average Bonchev–Trinajstić information content (AvgIpc) is 3.53. The number of nitrogens with two attached hydrogens (primary N) is 1. The Hall–Kier alpha value is -4.35. The molecule has 0 radical (unpaired) electrons. The summed E-state index contributed by atoms with van der Waals surface area (Å²) < 4.78 is 57.6. The van der Waals surface area contributed by atoms with Gasteiger partial charge in [-0.3, -0.25) is 13.9 Å². The van der Waals surface area contributed by atoms with Crippen molar-refractivity contribution < 1.29 is 36.8 Å². The molecule has 2 aromatic heterocycles. The normalized spacial score (nSPS) is 11.9. The maximum atomic E-state index is 14.0. The minimum absolute atomic E-state index is 0.102. The number of carbonyl (C=O) groups is 1. The van der Waals surface area contributed by atoms with E-state index in [0.29, 0.717) is 45.8 Å². The number of ether oxygens (including phenoxy) is 1. The van der Waals surface area contributed by atoms with Crippen molar-refractivity contribution in [2.75, 3.05) is 45.8 Å². The molecule has 15 heteroatoms. The molecule has 270 valence electrons. The number of amides is 1. The van der Waals surface area contributed by atoms with Crippen LogP contribution < -0.4 is 26.4 Å². The van der Waals surface area contributed by atoms with E-state index in [9.17, 15) is 13.9 Å². The molecule has 0 saturated carbocycles. The molecule has 3 N–H and O–H groups in total. The van der Waals surface area contributed by atoms with E-state index in [1.807, 2.05) is 41.1 Å².